The summed E-state index contributed by atoms with van der Waals surface area (Å²) < 4.78 is 208. The average Bonchev–Trinajstić information content (AvgIpc) is 1.29. The van der Waals surface area contributed by atoms with Crippen LogP contribution in [0.3, 0.4) is 0 Å². The van der Waals surface area contributed by atoms with Gasteiger partial charge in [0.1, 0.15) is 22.1 Å². The lowest BCUT2D eigenvalue weighted by Gasteiger charge is -2.41. The van der Waals surface area contributed by atoms with Crippen molar-refractivity contribution in [1.29, 1.82) is 0 Å². The molecule has 9 aromatic carbocycles. The maximum Gasteiger partial charge on any atom is 0.411 e. The van der Waals surface area contributed by atoms with Crippen LogP contribution in [0.2, 0.25) is 0 Å². The lowest BCUT2D eigenvalue weighted by Crippen LogP contribution is -2.54. The monoisotopic (exact) mass is 1290 g/mol. The van der Waals surface area contributed by atoms with E-state index in [1.807, 2.05) is 71.0 Å². The molecule has 0 saturated heterocycles. The maximum absolute atomic E-state index is 15.6. The molecule has 13 aromatic rings. The Hall–Kier alpha value is -9.46. The van der Waals surface area contributed by atoms with Gasteiger partial charge in [0.25, 0.3) is 0 Å². The summed E-state index contributed by atoms with van der Waals surface area (Å²) in [6.45, 7) is 18.6. The molecule has 94 heavy (non-hydrogen) atoms. The van der Waals surface area contributed by atoms with Crippen molar-refractivity contribution in [3.8, 4) is 34.0 Å². The molecule has 0 aliphatic heterocycles. The third-order valence-electron chi connectivity index (χ3n) is 18.7. The Morgan fingerprint density at radius 2 is 0.564 bits per heavy atom. The molecule has 0 atom stereocenters. The second kappa shape index (κ2) is 21.0. The molecule has 0 saturated carbocycles. The molecule has 0 N–H and O–H groups in total. The zero-order valence-corrected chi connectivity index (χ0v) is 52.1. The summed E-state index contributed by atoms with van der Waals surface area (Å²) in [6, 6.07) is 37.7. The molecule has 0 aliphatic carbocycles. The Labute approximate surface area is 529 Å². The number of hydrogen-bond donors (Lipinski definition) is 0. The quantitative estimate of drug-likeness (QED) is 0.0985. The summed E-state index contributed by atoms with van der Waals surface area (Å²) in [6.07, 6.45) is -23.3. The zero-order chi connectivity index (χ0) is 67.5. The number of alkyl halides is 12. The van der Waals surface area contributed by atoms with Crippen molar-refractivity contribution in [2.24, 2.45) is 0 Å². The van der Waals surface area contributed by atoms with Gasteiger partial charge < -0.3 is 17.7 Å². The highest BCUT2D eigenvalue weighted by Gasteiger charge is 2.74. The van der Waals surface area contributed by atoms with Crippen LogP contribution in [0.25, 0.3) is 100.0 Å². The normalized spacial score (nSPS) is 13.9. The largest absolute Gasteiger partial charge is 0.440 e. The first-order valence-electron chi connectivity index (χ1n) is 29.9. The van der Waals surface area contributed by atoms with E-state index < -0.39 is 74.0 Å². The van der Waals surface area contributed by atoms with Gasteiger partial charge in [-0.3, -0.25) is 0 Å². The molecular weight excluding hydrogens is 1240 g/mol. The summed E-state index contributed by atoms with van der Waals surface area (Å²) in [5.74, 6) is 0.753. The highest BCUT2D eigenvalue weighted by Crippen LogP contribution is 2.59. The minimum absolute atomic E-state index is 0.0138. The van der Waals surface area contributed by atoms with Crippen molar-refractivity contribution < 1.29 is 70.4 Å². The molecule has 0 bridgehead atoms. The lowest BCUT2D eigenvalue weighted by atomic mass is 9.63. The Kier molecular flexibility index (Phi) is 14.2. The Bertz CT molecular complexity index is 4970. The number of aromatic nitrogens is 4. The van der Waals surface area contributed by atoms with Gasteiger partial charge >= 0.3 is 24.7 Å². The molecule has 482 valence electrons. The summed E-state index contributed by atoms with van der Waals surface area (Å²) in [7, 11) is 0. The molecule has 0 amide bonds. The Morgan fingerprint density at radius 3 is 0.979 bits per heavy atom. The minimum Gasteiger partial charge on any atom is -0.440 e. The van der Waals surface area contributed by atoms with Crippen molar-refractivity contribution in [3.63, 3.8) is 0 Å². The first kappa shape index (κ1) is 63.3. The summed E-state index contributed by atoms with van der Waals surface area (Å²) >= 11 is 0. The first-order valence-corrected chi connectivity index (χ1v) is 29.9. The van der Waals surface area contributed by atoms with E-state index >= 15 is 52.7 Å². The number of oxazole rings is 4. The van der Waals surface area contributed by atoms with Crippen LogP contribution >= 0.6 is 0 Å². The molecule has 8 nitrogen and oxygen atoms in total. The molecule has 0 spiro atoms. The van der Waals surface area contributed by atoms with Crippen LogP contribution in [-0.2, 0) is 32.5 Å². The smallest absolute Gasteiger partial charge is 0.411 e. The molecule has 0 fully saturated rings. The molecule has 0 radical (unpaired) electrons. The molecule has 20 heteroatoms. The first-order chi connectivity index (χ1) is 43.8. The maximum atomic E-state index is 15.6. The van der Waals surface area contributed by atoms with Gasteiger partial charge in [-0.1, -0.05) is 154 Å². The van der Waals surface area contributed by atoms with Gasteiger partial charge in [0.05, 0.1) is 5.41 Å². The third-order valence-corrected chi connectivity index (χ3v) is 18.7. The second-order valence-electron chi connectivity index (χ2n) is 27.2. The zero-order valence-electron chi connectivity index (χ0n) is 52.1. The standard InChI is InChI=1S/C74H58F12N4O4/c1-65(2,3)47-21-25-51(26-22-47)69(71(75,76)77,72(78,79)80)49-19-13-40(14-20-49)62-88-55-33-43-31-44-34-56-60(38-46(44)32-45(43)37-59(55)92-62)94-64(90-56)68(9,10)67(7,8)48-23-27-52(28-24-48)70(73(81,82)83,74(84,85)86)50-17-11-39(12-18-50)61-87-53-29-15-41(35-57(53)91-61)42-16-30-54-58(36-42)93-63(89-54)66(4,5)6/h11-38H,1-10H3. The van der Waals surface area contributed by atoms with Crippen molar-refractivity contribution in [3.05, 3.63) is 215 Å². The van der Waals surface area contributed by atoms with E-state index in [4.69, 9.17) is 22.7 Å². The predicted octanol–water partition coefficient (Wildman–Crippen LogP) is 22.2. The lowest BCUT2D eigenvalue weighted by molar-refractivity contribution is -0.290. The van der Waals surface area contributed by atoms with Gasteiger partial charge in [0, 0.05) is 22.0 Å². The summed E-state index contributed by atoms with van der Waals surface area (Å²) in [5.41, 5.74) is -9.63. The van der Waals surface area contributed by atoms with Crippen LogP contribution in [0.15, 0.2) is 188 Å². The predicted molar refractivity (Wildman–Crippen MR) is 337 cm³/mol. The SMILES string of the molecule is CC(C)(C)c1ccc(C(c2ccc(-c3nc4cc5cc6cc7nc(C(C)(C)C(C)(C)c8ccc(C(c9ccc(-c%10nc%11ccc(-c%12ccc%13nc(C(C)(C)C)oc%13c%12)cc%11o%10)cc9)(C(F)(F)F)C(F)(F)F)cc8)oc7cc6cc5cc4o3)cc2)(C(F)(F)F)C(F)(F)F)cc1. The number of nitrogens with zero attached hydrogens (tertiary/aromatic N) is 4. The molecule has 0 unspecified atom stereocenters. The van der Waals surface area contributed by atoms with Gasteiger partial charge in [-0.25, -0.2) is 19.9 Å². The van der Waals surface area contributed by atoms with Crippen LogP contribution < -0.4 is 0 Å². The summed E-state index contributed by atoms with van der Waals surface area (Å²) in [5, 5.41) is 2.80. The van der Waals surface area contributed by atoms with Crippen molar-refractivity contribution in [2.75, 3.05) is 0 Å². The van der Waals surface area contributed by atoms with Crippen molar-refractivity contribution in [2.45, 2.75) is 126 Å². The highest BCUT2D eigenvalue weighted by molar-refractivity contribution is 6.06. The fourth-order valence-electron chi connectivity index (χ4n) is 12.6. The minimum atomic E-state index is -5.87. The molecular formula is C74H58F12N4O4. The van der Waals surface area contributed by atoms with Crippen LogP contribution in [-0.4, -0.2) is 44.6 Å². The second-order valence-corrected chi connectivity index (χ2v) is 27.2. The van der Waals surface area contributed by atoms with E-state index in [1.165, 1.54) is 24.3 Å². The summed E-state index contributed by atoms with van der Waals surface area (Å²) in [4.78, 5) is 18.5. The van der Waals surface area contributed by atoms with E-state index in [2.05, 4.69) is 15.0 Å². The van der Waals surface area contributed by atoms with E-state index in [1.54, 1.807) is 71.0 Å². The van der Waals surface area contributed by atoms with Gasteiger partial charge in [0.2, 0.25) is 34.4 Å². The number of rotatable bonds is 10. The average molecular weight is 1300 g/mol. The number of hydrogen-bond acceptors (Lipinski definition) is 8. The topological polar surface area (TPSA) is 104 Å². The Balaban J connectivity index is 0.759. The molecule has 0 aliphatic rings. The molecule has 13 rings (SSSR count). The van der Waals surface area contributed by atoms with Gasteiger partial charge in [-0.2, -0.15) is 52.7 Å². The van der Waals surface area contributed by atoms with Crippen molar-refractivity contribution >= 4 is 65.9 Å². The van der Waals surface area contributed by atoms with E-state index in [-0.39, 0.29) is 39.8 Å². The molecule has 4 heterocycles. The third kappa shape index (κ3) is 10.1. The fourth-order valence-corrected chi connectivity index (χ4v) is 12.6. The van der Waals surface area contributed by atoms with Crippen LogP contribution in [0.4, 0.5) is 52.7 Å². The Morgan fingerprint density at radius 1 is 0.255 bits per heavy atom. The molecule has 4 aromatic heterocycles. The number of halogens is 12. The van der Waals surface area contributed by atoms with Crippen molar-refractivity contribution in [1.82, 2.24) is 19.9 Å². The fraction of sp³-hybridized carbons (Fsp3) is 0.270. The highest BCUT2D eigenvalue weighted by atomic mass is 19.4. The number of benzene rings is 9. The van der Waals surface area contributed by atoms with Gasteiger partial charge in [0.15, 0.2) is 22.3 Å². The van der Waals surface area contributed by atoms with Crippen LogP contribution in [0.5, 0.6) is 0 Å². The van der Waals surface area contributed by atoms with Crippen LogP contribution in [0.1, 0.15) is 114 Å². The van der Waals surface area contributed by atoms with Gasteiger partial charge in [-0.15, -0.1) is 0 Å². The van der Waals surface area contributed by atoms with E-state index in [9.17, 15) is 0 Å². The van der Waals surface area contributed by atoms with E-state index in [0.29, 0.717) is 72.0 Å². The van der Waals surface area contributed by atoms with Gasteiger partial charge in [-0.05, 0) is 156 Å². The van der Waals surface area contributed by atoms with Crippen LogP contribution in [0, 0.1) is 0 Å². The van der Waals surface area contributed by atoms with E-state index in [0.717, 1.165) is 89.3 Å². The number of fused-ring (bicyclic) bond motifs is 6.